The summed E-state index contributed by atoms with van der Waals surface area (Å²) in [5, 5.41) is 3.06. The number of anilines is 1. The molecule has 0 saturated carbocycles. The van der Waals surface area contributed by atoms with E-state index in [0.29, 0.717) is 40.1 Å². The van der Waals surface area contributed by atoms with Crippen LogP contribution in [-0.4, -0.2) is 53.4 Å². The molecule has 2 amide bonds. The molecule has 1 heterocycles. The Labute approximate surface area is 236 Å². The molecular formula is C29H28ClN3O5S. The van der Waals surface area contributed by atoms with Gasteiger partial charge in [-0.05, 0) is 67.4 Å². The molecule has 1 atom stereocenters. The van der Waals surface area contributed by atoms with E-state index in [0.717, 1.165) is 11.3 Å². The summed E-state index contributed by atoms with van der Waals surface area (Å²) >= 11 is 7.41. The number of methoxy groups -OCH3 is 1. The minimum atomic E-state index is -0.638. The van der Waals surface area contributed by atoms with Gasteiger partial charge in [-0.15, -0.1) is 0 Å². The standard InChI is InChI=1S/C29H28ClN3O5S/c1-3-38-28(36)20-10-12-21(13-11-20)31-29-33(17-16-19-8-14-22(37-2)15-9-19)27(35)25(39-29)18-26(34)32-24-7-5-4-6-23(24)30/h4-15,25H,3,16-18H2,1-2H3,(H,32,34)/t25-/m0/s1. The molecule has 0 radical (unpaired) electrons. The number of carbonyl (C=O) groups is 3. The first-order chi connectivity index (χ1) is 18.9. The second-order valence-corrected chi connectivity index (χ2v) is 10.2. The fourth-order valence-electron chi connectivity index (χ4n) is 3.89. The number of para-hydroxylation sites is 1. The lowest BCUT2D eigenvalue weighted by Gasteiger charge is -2.17. The number of esters is 1. The molecule has 3 aromatic rings. The van der Waals surface area contributed by atoms with Gasteiger partial charge in [0.05, 0.1) is 35.7 Å². The second kappa shape index (κ2) is 13.3. The lowest BCUT2D eigenvalue weighted by molar-refractivity contribution is -0.128. The van der Waals surface area contributed by atoms with E-state index in [1.807, 2.05) is 24.3 Å². The van der Waals surface area contributed by atoms with Gasteiger partial charge in [0.1, 0.15) is 11.0 Å². The largest absolute Gasteiger partial charge is 0.497 e. The maximum atomic E-state index is 13.4. The third-order valence-corrected chi connectivity index (χ3v) is 7.43. The smallest absolute Gasteiger partial charge is 0.338 e. The number of hydrogen-bond donors (Lipinski definition) is 1. The number of rotatable bonds is 10. The first-order valence-electron chi connectivity index (χ1n) is 12.4. The van der Waals surface area contributed by atoms with Crippen LogP contribution in [0.1, 0.15) is 29.3 Å². The zero-order chi connectivity index (χ0) is 27.8. The first-order valence-corrected chi connectivity index (χ1v) is 13.6. The number of amides is 2. The fourth-order valence-corrected chi connectivity index (χ4v) is 5.26. The number of carbonyl (C=O) groups excluding carboxylic acids is 3. The third-order valence-electron chi connectivity index (χ3n) is 5.93. The van der Waals surface area contributed by atoms with E-state index in [9.17, 15) is 14.4 Å². The number of benzene rings is 3. The Morgan fingerprint density at radius 2 is 1.77 bits per heavy atom. The van der Waals surface area contributed by atoms with Crippen LogP contribution in [0.3, 0.4) is 0 Å². The van der Waals surface area contributed by atoms with E-state index in [1.54, 1.807) is 67.5 Å². The van der Waals surface area contributed by atoms with Crippen molar-refractivity contribution in [3.8, 4) is 5.75 Å². The van der Waals surface area contributed by atoms with E-state index in [2.05, 4.69) is 5.32 Å². The molecule has 4 rings (SSSR count). The van der Waals surface area contributed by atoms with Crippen molar-refractivity contribution in [2.24, 2.45) is 4.99 Å². The number of ether oxygens (including phenoxy) is 2. The summed E-state index contributed by atoms with van der Waals surface area (Å²) < 4.78 is 10.3. The van der Waals surface area contributed by atoms with Crippen LogP contribution in [0.25, 0.3) is 0 Å². The average molecular weight is 566 g/mol. The summed E-state index contributed by atoms with van der Waals surface area (Å²) in [6.45, 7) is 2.43. The number of halogens is 1. The van der Waals surface area contributed by atoms with Gasteiger partial charge >= 0.3 is 5.97 Å². The molecule has 3 aromatic carbocycles. The van der Waals surface area contributed by atoms with Gasteiger partial charge in [0.25, 0.3) is 0 Å². The van der Waals surface area contributed by atoms with Gasteiger partial charge in [0, 0.05) is 13.0 Å². The Bertz CT molecular complexity index is 1360. The number of hydrogen-bond acceptors (Lipinski definition) is 7. The molecule has 202 valence electrons. The van der Waals surface area contributed by atoms with E-state index >= 15 is 0 Å². The first kappa shape index (κ1) is 28.2. The average Bonchev–Trinajstić information content (AvgIpc) is 3.22. The molecule has 1 aliphatic rings. The number of thioether (sulfide) groups is 1. The molecule has 0 spiro atoms. The van der Waals surface area contributed by atoms with Crippen molar-refractivity contribution in [2.75, 3.05) is 25.6 Å². The highest BCUT2D eigenvalue weighted by atomic mass is 35.5. The van der Waals surface area contributed by atoms with Crippen LogP contribution in [0.15, 0.2) is 77.8 Å². The Balaban J connectivity index is 1.52. The van der Waals surface area contributed by atoms with E-state index in [1.165, 1.54) is 11.8 Å². The Kier molecular flexibility index (Phi) is 9.62. The van der Waals surface area contributed by atoms with Crippen LogP contribution < -0.4 is 10.1 Å². The molecule has 0 aliphatic carbocycles. The van der Waals surface area contributed by atoms with Gasteiger partial charge in [-0.25, -0.2) is 9.79 Å². The van der Waals surface area contributed by atoms with Crippen LogP contribution in [-0.2, 0) is 20.7 Å². The summed E-state index contributed by atoms with van der Waals surface area (Å²) in [5.74, 6) is -0.161. The maximum Gasteiger partial charge on any atom is 0.338 e. The predicted molar refractivity (Wildman–Crippen MR) is 154 cm³/mol. The highest BCUT2D eigenvalue weighted by Gasteiger charge is 2.39. The minimum Gasteiger partial charge on any atom is -0.497 e. The Morgan fingerprint density at radius 3 is 2.44 bits per heavy atom. The van der Waals surface area contributed by atoms with Crippen molar-refractivity contribution in [3.05, 3.63) is 88.9 Å². The SMILES string of the molecule is CCOC(=O)c1ccc(N=C2S[C@@H](CC(=O)Nc3ccccc3Cl)C(=O)N2CCc2ccc(OC)cc2)cc1. The van der Waals surface area contributed by atoms with E-state index in [4.69, 9.17) is 26.1 Å². The van der Waals surface area contributed by atoms with Gasteiger partial charge in [-0.1, -0.05) is 47.6 Å². The normalized spacial score (nSPS) is 15.9. The topological polar surface area (TPSA) is 97.3 Å². The lowest BCUT2D eigenvalue weighted by Crippen LogP contribution is -2.35. The quantitative estimate of drug-likeness (QED) is 0.315. The van der Waals surface area contributed by atoms with Gasteiger partial charge in [-0.3, -0.25) is 14.5 Å². The lowest BCUT2D eigenvalue weighted by atomic mass is 10.1. The molecule has 0 bridgehead atoms. The molecule has 1 N–H and O–H groups in total. The molecule has 0 unspecified atom stereocenters. The third kappa shape index (κ3) is 7.40. The van der Waals surface area contributed by atoms with Gasteiger partial charge < -0.3 is 14.8 Å². The molecule has 8 nitrogen and oxygen atoms in total. The molecule has 1 fully saturated rings. The second-order valence-electron chi connectivity index (χ2n) is 8.59. The Hall–Kier alpha value is -3.82. The highest BCUT2D eigenvalue weighted by Crippen LogP contribution is 2.32. The fraction of sp³-hybridized carbons (Fsp3) is 0.241. The zero-order valence-electron chi connectivity index (χ0n) is 21.6. The van der Waals surface area contributed by atoms with Gasteiger partial charge in [0.15, 0.2) is 5.17 Å². The molecule has 1 saturated heterocycles. The summed E-state index contributed by atoms with van der Waals surface area (Å²) in [6, 6.07) is 21.3. The molecule has 39 heavy (non-hydrogen) atoms. The Morgan fingerprint density at radius 1 is 1.05 bits per heavy atom. The summed E-state index contributed by atoms with van der Waals surface area (Å²) in [5.41, 5.74) is 2.52. The summed E-state index contributed by atoms with van der Waals surface area (Å²) in [4.78, 5) is 44.5. The summed E-state index contributed by atoms with van der Waals surface area (Å²) in [6.07, 6.45) is 0.560. The van der Waals surface area contributed by atoms with Crippen molar-refractivity contribution < 1.29 is 23.9 Å². The monoisotopic (exact) mass is 565 g/mol. The number of amidine groups is 1. The van der Waals surface area contributed by atoms with Gasteiger partial charge in [0.2, 0.25) is 11.8 Å². The maximum absolute atomic E-state index is 13.4. The van der Waals surface area contributed by atoms with E-state index in [-0.39, 0.29) is 24.8 Å². The molecular weight excluding hydrogens is 538 g/mol. The molecule has 1 aliphatic heterocycles. The van der Waals surface area contributed by atoms with Crippen molar-refractivity contribution in [3.63, 3.8) is 0 Å². The van der Waals surface area contributed by atoms with Crippen LogP contribution >= 0.6 is 23.4 Å². The molecule has 0 aromatic heterocycles. The highest BCUT2D eigenvalue weighted by molar-refractivity contribution is 8.15. The zero-order valence-corrected chi connectivity index (χ0v) is 23.1. The van der Waals surface area contributed by atoms with Crippen molar-refractivity contribution in [2.45, 2.75) is 25.0 Å². The van der Waals surface area contributed by atoms with E-state index < -0.39 is 11.2 Å². The van der Waals surface area contributed by atoms with Crippen LogP contribution in [0.2, 0.25) is 5.02 Å². The predicted octanol–water partition coefficient (Wildman–Crippen LogP) is 5.73. The van der Waals surface area contributed by atoms with Crippen molar-refractivity contribution in [1.29, 1.82) is 0 Å². The van der Waals surface area contributed by atoms with Crippen LogP contribution in [0.5, 0.6) is 5.75 Å². The van der Waals surface area contributed by atoms with Crippen molar-refractivity contribution >= 4 is 57.7 Å². The number of aliphatic imine (C=N–C) groups is 1. The number of nitrogens with zero attached hydrogens (tertiary/aromatic N) is 2. The van der Waals surface area contributed by atoms with Crippen molar-refractivity contribution in [1.82, 2.24) is 4.90 Å². The number of nitrogens with one attached hydrogen (secondary N) is 1. The van der Waals surface area contributed by atoms with Crippen LogP contribution in [0, 0.1) is 0 Å². The van der Waals surface area contributed by atoms with Gasteiger partial charge in [-0.2, -0.15) is 0 Å². The van der Waals surface area contributed by atoms with Crippen LogP contribution in [0.4, 0.5) is 11.4 Å². The minimum absolute atomic E-state index is 0.0332. The molecule has 10 heteroatoms. The summed E-state index contributed by atoms with van der Waals surface area (Å²) in [7, 11) is 1.61.